The number of nitriles is 1. The molecule has 0 bridgehead atoms. The maximum Gasteiger partial charge on any atom is 0.232 e. The molecule has 3 rings (SSSR count). The van der Waals surface area contributed by atoms with Crippen LogP contribution in [0.25, 0.3) is 11.9 Å². The number of halogens is 2. The van der Waals surface area contributed by atoms with Gasteiger partial charge >= 0.3 is 0 Å². The summed E-state index contributed by atoms with van der Waals surface area (Å²) in [6.07, 6.45) is 3.67. The van der Waals surface area contributed by atoms with Gasteiger partial charge in [-0.25, -0.2) is 18.7 Å². The summed E-state index contributed by atoms with van der Waals surface area (Å²) < 4.78 is 46.4. The summed E-state index contributed by atoms with van der Waals surface area (Å²) in [4.78, 5) is 12.4. The van der Waals surface area contributed by atoms with Crippen molar-refractivity contribution in [1.29, 1.82) is 5.26 Å². The summed E-state index contributed by atoms with van der Waals surface area (Å²) in [7, 11) is -1.34. The Morgan fingerprint density at radius 2 is 2.12 bits per heavy atom. The number of ether oxygens (including phenoxy) is 1. The van der Waals surface area contributed by atoms with Crippen LogP contribution in [-0.2, 0) is 10.8 Å². The molecule has 2 aromatic rings. The van der Waals surface area contributed by atoms with Gasteiger partial charge in [-0.05, 0) is 51.5 Å². The zero-order chi connectivity index (χ0) is 24.4. The zero-order valence-corrected chi connectivity index (χ0v) is 19.6. The Hall–Kier alpha value is -3.19. The van der Waals surface area contributed by atoms with Crippen molar-refractivity contribution >= 4 is 28.5 Å². The van der Waals surface area contributed by atoms with Gasteiger partial charge in [-0.1, -0.05) is 6.07 Å². The van der Waals surface area contributed by atoms with Crippen LogP contribution in [0.15, 0.2) is 35.6 Å². The van der Waals surface area contributed by atoms with Crippen molar-refractivity contribution in [3.8, 4) is 11.9 Å². The fraction of sp³-hybridized carbons (Fsp3) is 0.391. The molecule has 1 aliphatic rings. The number of hydrogen-bond acceptors (Lipinski definition) is 7. The normalized spacial score (nSPS) is 20.6. The quantitative estimate of drug-likeness (QED) is 0.679. The average Bonchev–Trinajstić information content (AvgIpc) is 2.77. The summed E-state index contributed by atoms with van der Waals surface area (Å²) in [6.45, 7) is 7.01. The minimum atomic E-state index is -1.34. The highest BCUT2D eigenvalue weighted by Gasteiger charge is 2.37. The SMILES string of the molecule is CC(C)(C#N)COc1cnc(/C(F)=C/c2ccc(F)c(C3CS(=O)C(C)(C)C(N)=N3)c2)cn1. The van der Waals surface area contributed by atoms with Crippen molar-refractivity contribution in [2.75, 3.05) is 12.4 Å². The molecule has 0 saturated carbocycles. The third-order valence-electron chi connectivity index (χ3n) is 5.22. The molecular weight excluding hydrogens is 448 g/mol. The molecule has 2 heterocycles. The third-order valence-corrected chi connectivity index (χ3v) is 7.19. The van der Waals surface area contributed by atoms with Crippen LogP contribution in [0.5, 0.6) is 5.88 Å². The molecule has 0 saturated heterocycles. The first-order valence-electron chi connectivity index (χ1n) is 10.2. The van der Waals surface area contributed by atoms with E-state index >= 15 is 0 Å². The van der Waals surface area contributed by atoms with Crippen LogP contribution in [-0.4, -0.2) is 37.1 Å². The van der Waals surface area contributed by atoms with Gasteiger partial charge in [0.25, 0.3) is 0 Å². The van der Waals surface area contributed by atoms with Gasteiger partial charge in [-0.3, -0.25) is 9.20 Å². The second kappa shape index (κ2) is 9.35. The zero-order valence-electron chi connectivity index (χ0n) is 18.8. The molecule has 0 aliphatic carbocycles. The van der Waals surface area contributed by atoms with Crippen LogP contribution in [0.1, 0.15) is 50.6 Å². The Bertz CT molecular complexity index is 1170. The molecule has 0 radical (unpaired) electrons. The van der Waals surface area contributed by atoms with Gasteiger partial charge in [0.1, 0.15) is 24.0 Å². The summed E-state index contributed by atoms with van der Waals surface area (Å²) >= 11 is 0. The smallest absolute Gasteiger partial charge is 0.232 e. The van der Waals surface area contributed by atoms with E-state index < -0.39 is 38.6 Å². The topological polar surface area (TPSA) is 114 Å². The standard InChI is InChI=1S/C23H25F2N5O2S/c1-22(2,12-26)13-32-20-10-28-18(9-29-20)17(25)8-14-5-6-16(24)15(7-14)19-11-33(31)23(3,4)21(27)30-19/h5-10,19H,11,13H2,1-4H3,(H2,27,30)/b17-8-. The van der Waals surface area contributed by atoms with Crippen LogP contribution in [0.4, 0.5) is 8.78 Å². The third kappa shape index (κ3) is 5.60. The predicted octanol–water partition coefficient (Wildman–Crippen LogP) is 3.95. The Morgan fingerprint density at radius 3 is 2.73 bits per heavy atom. The second-order valence-electron chi connectivity index (χ2n) is 8.85. The molecular formula is C23H25F2N5O2S. The van der Waals surface area contributed by atoms with E-state index in [0.717, 1.165) is 0 Å². The maximum absolute atomic E-state index is 14.8. The molecule has 174 valence electrons. The predicted molar refractivity (Wildman–Crippen MR) is 124 cm³/mol. The molecule has 2 N–H and O–H groups in total. The Kier molecular flexibility index (Phi) is 6.93. The molecule has 2 unspecified atom stereocenters. The summed E-state index contributed by atoms with van der Waals surface area (Å²) in [6, 6.07) is 5.48. The number of aromatic nitrogens is 2. The van der Waals surface area contributed by atoms with Crippen LogP contribution in [0, 0.1) is 22.6 Å². The van der Waals surface area contributed by atoms with Crippen LogP contribution >= 0.6 is 0 Å². The molecule has 10 heteroatoms. The highest BCUT2D eigenvalue weighted by atomic mass is 32.2. The summed E-state index contributed by atoms with van der Waals surface area (Å²) in [5, 5.41) is 9.02. The molecule has 1 aliphatic heterocycles. The van der Waals surface area contributed by atoms with Crippen molar-refractivity contribution in [3.05, 3.63) is 53.2 Å². The van der Waals surface area contributed by atoms with E-state index in [9.17, 15) is 13.0 Å². The van der Waals surface area contributed by atoms with Crippen LogP contribution in [0.2, 0.25) is 0 Å². The number of nitrogens with zero attached hydrogens (tertiary/aromatic N) is 4. The molecule has 0 fully saturated rings. The van der Waals surface area contributed by atoms with E-state index in [2.05, 4.69) is 21.0 Å². The van der Waals surface area contributed by atoms with Gasteiger partial charge in [0.2, 0.25) is 5.88 Å². The van der Waals surface area contributed by atoms with E-state index in [1.807, 2.05) is 0 Å². The van der Waals surface area contributed by atoms with E-state index in [1.54, 1.807) is 27.7 Å². The van der Waals surface area contributed by atoms with Crippen molar-refractivity contribution in [2.45, 2.75) is 38.5 Å². The lowest BCUT2D eigenvalue weighted by atomic mass is 9.98. The highest BCUT2D eigenvalue weighted by molar-refractivity contribution is 7.87. The molecule has 1 aromatic heterocycles. The first kappa shape index (κ1) is 24.5. The molecule has 0 amide bonds. The molecule has 2 atom stereocenters. The first-order chi connectivity index (χ1) is 15.4. The van der Waals surface area contributed by atoms with E-state index in [0.29, 0.717) is 5.56 Å². The lowest BCUT2D eigenvalue weighted by Crippen LogP contribution is -2.47. The van der Waals surface area contributed by atoms with Gasteiger partial charge in [-0.2, -0.15) is 5.26 Å². The highest BCUT2D eigenvalue weighted by Crippen LogP contribution is 2.32. The number of hydrogen-bond donors (Lipinski definition) is 1. The largest absolute Gasteiger partial charge is 0.475 e. The number of aliphatic imine (C=N–C) groups is 1. The van der Waals surface area contributed by atoms with E-state index in [1.165, 1.54) is 36.7 Å². The first-order valence-corrected chi connectivity index (χ1v) is 11.5. The fourth-order valence-corrected chi connectivity index (χ4v) is 4.16. The number of nitrogens with two attached hydrogens (primary N) is 1. The maximum atomic E-state index is 14.8. The molecule has 7 nitrogen and oxygen atoms in total. The van der Waals surface area contributed by atoms with Gasteiger partial charge in [0, 0.05) is 16.4 Å². The minimum absolute atomic E-state index is 0.0319. The lowest BCUT2D eigenvalue weighted by Gasteiger charge is -2.31. The van der Waals surface area contributed by atoms with Crippen LogP contribution < -0.4 is 10.5 Å². The summed E-state index contributed by atoms with van der Waals surface area (Å²) in [5.41, 5.74) is 5.81. The van der Waals surface area contributed by atoms with Gasteiger partial charge in [0.05, 0.1) is 40.4 Å². The van der Waals surface area contributed by atoms with Gasteiger partial charge in [0.15, 0.2) is 5.83 Å². The number of amidine groups is 1. The minimum Gasteiger partial charge on any atom is -0.475 e. The van der Waals surface area contributed by atoms with Crippen LogP contribution in [0.3, 0.4) is 0 Å². The number of rotatable bonds is 6. The second-order valence-corrected chi connectivity index (χ2v) is 10.9. The lowest BCUT2D eigenvalue weighted by molar-refractivity contribution is 0.218. The Labute approximate surface area is 193 Å². The van der Waals surface area contributed by atoms with E-state index in [4.69, 9.17) is 15.7 Å². The van der Waals surface area contributed by atoms with Crippen molar-refractivity contribution in [3.63, 3.8) is 0 Å². The Morgan fingerprint density at radius 1 is 1.39 bits per heavy atom. The van der Waals surface area contributed by atoms with Crippen molar-refractivity contribution in [1.82, 2.24) is 9.97 Å². The van der Waals surface area contributed by atoms with Gasteiger partial charge in [-0.15, -0.1) is 0 Å². The van der Waals surface area contributed by atoms with Crippen molar-refractivity contribution < 1.29 is 17.7 Å². The monoisotopic (exact) mass is 473 g/mol. The van der Waals surface area contributed by atoms with E-state index in [-0.39, 0.29) is 35.3 Å². The molecule has 33 heavy (non-hydrogen) atoms. The molecule has 0 spiro atoms. The fourth-order valence-electron chi connectivity index (χ4n) is 2.92. The number of benzene rings is 1. The van der Waals surface area contributed by atoms with Gasteiger partial charge < -0.3 is 10.5 Å². The van der Waals surface area contributed by atoms with Crippen molar-refractivity contribution in [2.24, 2.45) is 16.1 Å². The average molecular weight is 474 g/mol. The summed E-state index contributed by atoms with van der Waals surface area (Å²) in [5.74, 6) is -0.731. The Balaban J connectivity index is 1.81. The molecule has 1 aromatic carbocycles.